The number of ether oxygens (including phenoxy) is 1. The normalized spacial score (nSPS) is 15.3. The lowest BCUT2D eigenvalue weighted by atomic mass is 10.0. The smallest absolute Gasteiger partial charge is 0.246 e. The second kappa shape index (κ2) is 5.98. The van der Waals surface area contributed by atoms with Crippen molar-refractivity contribution >= 4 is 10.0 Å². The highest BCUT2D eigenvalue weighted by atomic mass is 32.2. The maximum atomic E-state index is 12.5. The molecule has 7 heteroatoms. The van der Waals surface area contributed by atoms with Crippen LogP contribution in [0.2, 0.25) is 0 Å². The second-order valence-corrected chi connectivity index (χ2v) is 7.57. The van der Waals surface area contributed by atoms with Gasteiger partial charge in [-0.3, -0.25) is 0 Å². The second-order valence-electron chi connectivity index (χ2n) is 5.92. The molecule has 0 aliphatic carbocycles. The highest BCUT2D eigenvalue weighted by Crippen LogP contribution is 2.26. The Morgan fingerprint density at radius 1 is 1.35 bits per heavy atom. The summed E-state index contributed by atoms with van der Waals surface area (Å²) in [7, 11) is -3.64. The summed E-state index contributed by atoms with van der Waals surface area (Å²) in [4.78, 5) is 0.131. The Hall–Kier alpha value is -1.86. The van der Waals surface area contributed by atoms with Crippen LogP contribution in [0.25, 0.3) is 0 Å². The molecular formula is C16H20N2O4S. The number of benzene rings is 1. The molecule has 0 saturated heterocycles. The van der Waals surface area contributed by atoms with E-state index < -0.39 is 10.0 Å². The molecule has 1 aliphatic rings. The number of nitrogens with one attached hydrogen (secondary N) is 1. The van der Waals surface area contributed by atoms with Crippen LogP contribution < -0.4 is 9.46 Å². The van der Waals surface area contributed by atoms with Crippen LogP contribution in [-0.4, -0.2) is 26.2 Å². The highest BCUT2D eigenvalue weighted by molar-refractivity contribution is 7.89. The quantitative estimate of drug-likeness (QED) is 0.904. The lowest BCUT2D eigenvalue weighted by molar-refractivity contribution is 0.357. The molecule has 1 atom stereocenters. The van der Waals surface area contributed by atoms with Crippen LogP contribution >= 0.6 is 0 Å². The van der Waals surface area contributed by atoms with Crippen LogP contribution in [0.3, 0.4) is 0 Å². The molecule has 3 rings (SSSR count). The number of nitrogens with zero attached hydrogens (tertiary/aromatic N) is 1. The van der Waals surface area contributed by atoms with Crippen molar-refractivity contribution in [1.82, 2.24) is 9.88 Å². The third-order valence-electron chi connectivity index (χ3n) is 3.89. The summed E-state index contributed by atoms with van der Waals surface area (Å²) in [5, 5.41) is 3.70. The van der Waals surface area contributed by atoms with E-state index in [1.165, 1.54) is 5.56 Å². The van der Waals surface area contributed by atoms with Gasteiger partial charge in [0.15, 0.2) is 5.76 Å². The zero-order chi connectivity index (χ0) is 16.6. The van der Waals surface area contributed by atoms with Crippen molar-refractivity contribution < 1.29 is 17.7 Å². The van der Waals surface area contributed by atoms with Gasteiger partial charge in [0, 0.05) is 12.5 Å². The van der Waals surface area contributed by atoms with E-state index in [1.807, 2.05) is 19.1 Å². The number of aromatic nitrogens is 1. The van der Waals surface area contributed by atoms with Crippen LogP contribution in [0, 0.1) is 13.8 Å². The number of fused-ring (bicyclic) bond motifs is 1. The van der Waals surface area contributed by atoms with E-state index in [0.29, 0.717) is 24.5 Å². The van der Waals surface area contributed by atoms with Crippen LogP contribution in [0.5, 0.6) is 5.75 Å². The fourth-order valence-corrected chi connectivity index (χ4v) is 4.52. The fourth-order valence-electron chi connectivity index (χ4n) is 2.94. The summed E-state index contributed by atoms with van der Waals surface area (Å²) >= 11 is 0. The molecular weight excluding hydrogens is 316 g/mol. The lowest BCUT2D eigenvalue weighted by Crippen LogP contribution is -2.34. The molecule has 0 radical (unpaired) electrons. The van der Waals surface area contributed by atoms with Crippen molar-refractivity contribution in [3.63, 3.8) is 0 Å². The summed E-state index contributed by atoms with van der Waals surface area (Å²) in [6.07, 6.45) is 1.51. The summed E-state index contributed by atoms with van der Waals surface area (Å²) in [5.41, 5.74) is 2.64. The molecule has 0 spiro atoms. The van der Waals surface area contributed by atoms with Crippen molar-refractivity contribution in [2.75, 3.05) is 6.61 Å². The van der Waals surface area contributed by atoms with E-state index in [1.54, 1.807) is 13.8 Å². The summed E-state index contributed by atoms with van der Waals surface area (Å²) in [5.74, 6) is 1.23. The number of hydrogen-bond acceptors (Lipinski definition) is 5. The van der Waals surface area contributed by atoms with Crippen molar-refractivity contribution in [3.05, 3.63) is 40.8 Å². The molecule has 1 N–H and O–H groups in total. The SMILES string of the molecule is Cc1noc(C)c1S(=O)(=O)NC(C)Cc1ccc2c(c1)CCO2. The molecule has 0 bridgehead atoms. The predicted octanol–water partition coefficient (Wildman–Crippen LogP) is 2.14. The van der Waals surface area contributed by atoms with E-state index >= 15 is 0 Å². The van der Waals surface area contributed by atoms with Gasteiger partial charge in [0.05, 0.1) is 6.61 Å². The van der Waals surface area contributed by atoms with E-state index in [2.05, 4.69) is 15.9 Å². The van der Waals surface area contributed by atoms with E-state index in [-0.39, 0.29) is 10.9 Å². The molecule has 1 unspecified atom stereocenters. The third kappa shape index (κ3) is 3.25. The zero-order valence-electron chi connectivity index (χ0n) is 13.4. The van der Waals surface area contributed by atoms with Gasteiger partial charge in [-0.25, -0.2) is 13.1 Å². The van der Waals surface area contributed by atoms with Crippen LogP contribution in [-0.2, 0) is 22.9 Å². The van der Waals surface area contributed by atoms with Crippen molar-refractivity contribution in [1.29, 1.82) is 0 Å². The van der Waals surface area contributed by atoms with Gasteiger partial charge >= 0.3 is 0 Å². The van der Waals surface area contributed by atoms with Gasteiger partial charge in [-0.05, 0) is 44.4 Å². The first-order chi connectivity index (χ1) is 10.9. The minimum absolute atomic E-state index is 0.131. The van der Waals surface area contributed by atoms with Gasteiger partial charge in [-0.15, -0.1) is 0 Å². The van der Waals surface area contributed by atoms with Gasteiger partial charge in [0.1, 0.15) is 16.3 Å². The Balaban J connectivity index is 1.73. The standard InChI is InChI=1S/C16H20N2O4S/c1-10(8-13-4-5-15-14(9-13)6-7-21-15)18-23(19,20)16-11(2)17-22-12(16)3/h4-5,9-10,18H,6-8H2,1-3H3. The number of sulfonamides is 1. The molecule has 6 nitrogen and oxygen atoms in total. The lowest BCUT2D eigenvalue weighted by Gasteiger charge is -2.14. The molecule has 2 heterocycles. The topological polar surface area (TPSA) is 81.4 Å². The minimum Gasteiger partial charge on any atom is -0.493 e. The molecule has 23 heavy (non-hydrogen) atoms. The molecule has 1 aromatic heterocycles. The van der Waals surface area contributed by atoms with Gasteiger partial charge in [0.2, 0.25) is 10.0 Å². The zero-order valence-corrected chi connectivity index (χ0v) is 14.2. The Kier molecular flexibility index (Phi) is 4.16. The van der Waals surface area contributed by atoms with Crippen LogP contribution in [0.15, 0.2) is 27.6 Å². The Morgan fingerprint density at radius 3 is 2.83 bits per heavy atom. The minimum atomic E-state index is -3.64. The third-order valence-corrected chi connectivity index (χ3v) is 5.72. The van der Waals surface area contributed by atoms with Gasteiger partial charge in [-0.2, -0.15) is 0 Å². The van der Waals surface area contributed by atoms with E-state index in [4.69, 9.17) is 9.26 Å². The molecule has 0 saturated carbocycles. The molecule has 0 fully saturated rings. The Morgan fingerprint density at radius 2 is 2.13 bits per heavy atom. The Labute approximate surface area is 135 Å². The average molecular weight is 336 g/mol. The largest absolute Gasteiger partial charge is 0.493 e. The van der Waals surface area contributed by atoms with E-state index in [9.17, 15) is 8.42 Å². The summed E-state index contributed by atoms with van der Waals surface area (Å²) in [6.45, 7) is 5.78. The first kappa shape index (κ1) is 16.0. The molecule has 124 valence electrons. The van der Waals surface area contributed by atoms with Crippen molar-refractivity contribution in [2.24, 2.45) is 0 Å². The highest BCUT2D eigenvalue weighted by Gasteiger charge is 2.26. The molecule has 0 amide bonds. The molecule has 2 aromatic rings. The maximum absolute atomic E-state index is 12.5. The fraction of sp³-hybridized carbons (Fsp3) is 0.438. The van der Waals surface area contributed by atoms with Crippen LogP contribution in [0.4, 0.5) is 0 Å². The summed E-state index contributed by atoms with van der Waals surface area (Å²) < 4.78 is 38.1. The van der Waals surface area contributed by atoms with Gasteiger partial charge in [-0.1, -0.05) is 17.3 Å². The van der Waals surface area contributed by atoms with E-state index in [0.717, 1.165) is 17.7 Å². The monoisotopic (exact) mass is 336 g/mol. The molecule has 1 aliphatic heterocycles. The van der Waals surface area contributed by atoms with Gasteiger partial charge in [0.25, 0.3) is 0 Å². The van der Waals surface area contributed by atoms with Crippen LogP contribution in [0.1, 0.15) is 29.5 Å². The van der Waals surface area contributed by atoms with Crippen molar-refractivity contribution in [2.45, 2.75) is 44.6 Å². The van der Waals surface area contributed by atoms with Gasteiger partial charge < -0.3 is 9.26 Å². The number of hydrogen-bond donors (Lipinski definition) is 1. The molecule has 1 aromatic carbocycles. The first-order valence-corrected chi connectivity index (χ1v) is 9.05. The summed E-state index contributed by atoms with van der Waals surface area (Å²) in [6, 6.07) is 5.77. The first-order valence-electron chi connectivity index (χ1n) is 7.56. The number of rotatable bonds is 5. The Bertz CT molecular complexity index is 807. The number of aryl methyl sites for hydroxylation is 2. The average Bonchev–Trinajstić information content (AvgIpc) is 3.04. The van der Waals surface area contributed by atoms with Crippen molar-refractivity contribution in [3.8, 4) is 5.75 Å². The predicted molar refractivity (Wildman–Crippen MR) is 85.1 cm³/mol. The maximum Gasteiger partial charge on any atom is 0.246 e.